The highest BCUT2D eigenvalue weighted by Crippen LogP contribution is 2.31. The monoisotopic (exact) mass is 368 g/mol. The summed E-state index contributed by atoms with van der Waals surface area (Å²) in [6.45, 7) is 7.28. The normalized spacial score (nSPS) is 10.4. The Balaban J connectivity index is 1.93. The first-order valence-corrected chi connectivity index (χ1v) is 8.67. The van der Waals surface area contributed by atoms with Crippen LogP contribution in [0.25, 0.3) is 39.0 Å². The second kappa shape index (κ2) is 7.36. The number of nitrogens with zero attached hydrogens (tertiary/aromatic N) is 4. The van der Waals surface area contributed by atoms with Crippen LogP contribution < -0.4 is 0 Å². The lowest BCUT2D eigenvalue weighted by molar-refractivity contribution is 1.07. The molecule has 0 bridgehead atoms. The second-order valence-electron chi connectivity index (χ2n) is 5.82. The zero-order valence-corrected chi connectivity index (χ0v) is 14.9. The van der Waals surface area contributed by atoms with E-state index in [2.05, 4.69) is 19.8 Å². The van der Waals surface area contributed by atoms with E-state index in [0.29, 0.717) is 28.2 Å². The van der Waals surface area contributed by atoms with Gasteiger partial charge in [0.05, 0.1) is 6.57 Å². The summed E-state index contributed by atoms with van der Waals surface area (Å²) in [4.78, 5) is 17.4. The van der Waals surface area contributed by atoms with E-state index in [-0.39, 0.29) is 0 Å². The molecule has 128 valence electrons. The number of halogens is 1. The maximum Gasteiger partial charge on any atom is 0.206 e. The molecular formula is C22H13ClN4. The molecule has 0 atom stereocenters. The van der Waals surface area contributed by atoms with Crippen LogP contribution in [0.1, 0.15) is 0 Å². The number of aromatic nitrogens is 3. The van der Waals surface area contributed by atoms with Crippen LogP contribution in [0.15, 0.2) is 78.9 Å². The van der Waals surface area contributed by atoms with Gasteiger partial charge in [-0.05, 0) is 6.07 Å². The molecule has 0 unspecified atom stereocenters. The fourth-order valence-electron chi connectivity index (χ4n) is 2.68. The molecule has 4 nitrogen and oxygen atoms in total. The molecular weight excluding hydrogens is 356 g/mol. The van der Waals surface area contributed by atoms with Crippen molar-refractivity contribution < 1.29 is 0 Å². The van der Waals surface area contributed by atoms with Crippen LogP contribution >= 0.6 is 11.6 Å². The van der Waals surface area contributed by atoms with Gasteiger partial charge >= 0.3 is 0 Å². The van der Waals surface area contributed by atoms with Crippen LogP contribution in [0.4, 0.5) is 5.69 Å². The molecule has 4 aromatic rings. The molecule has 27 heavy (non-hydrogen) atoms. The standard InChI is InChI=1S/C22H13ClN4/c1-24-19-14-17(12-13-18(19)23)22-26-20(15-8-4-2-5-9-15)25-21(27-22)16-10-6-3-7-11-16/h2-14H. The van der Waals surface area contributed by atoms with E-state index in [4.69, 9.17) is 18.2 Å². The predicted molar refractivity (Wildman–Crippen MR) is 107 cm³/mol. The summed E-state index contributed by atoms with van der Waals surface area (Å²) < 4.78 is 0. The Morgan fingerprint density at radius 2 is 1.11 bits per heavy atom. The van der Waals surface area contributed by atoms with E-state index in [1.54, 1.807) is 12.1 Å². The minimum atomic E-state index is 0.372. The molecule has 4 rings (SSSR count). The molecule has 1 heterocycles. The highest BCUT2D eigenvalue weighted by Gasteiger charge is 2.13. The lowest BCUT2D eigenvalue weighted by atomic mass is 10.1. The summed E-state index contributed by atoms with van der Waals surface area (Å²) in [5, 5.41) is 0.411. The zero-order chi connectivity index (χ0) is 18.6. The summed E-state index contributed by atoms with van der Waals surface area (Å²) in [6, 6.07) is 24.7. The average molecular weight is 369 g/mol. The van der Waals surface area contributed by atoms with Crippen LogP contribution in [-0.4, -0.2) is 15.0 Å². The fourth-order valence-corrected chi connectivity index (χ4v) is 2.83. The quantitative estimate of drug-likeness (QED) is 0.412. The molecule has 0 aliphatic carbocycles. The van der Waals surface area contributed by atoms with E-state index >= 15 is 0 Å². The van der Waals surface area contributed by atoms with Gasteiger partial charge in [0, 0.05) is 21.7 Å². The van der Waals surface area contributed by atoms with Gasteiger partial charge in [-0.15, -0.1) is 0 Å². The van der Waals surface area contributed by atoms with Crippen LogP contribution in [-0.2, 0) is 0 Å². The third-order valence-electron chi connectivity index (χ3n) is 4.02. The van der Waals surface area contributed by atoms with Gasteiger partial charge in [0.25, 0.3) is 0 Å². The maximum absolute atomic E-state index is 7.28. The van der Waals surface area contributed by atoms with Crippen LogP contribution in [0.5, 0.6) is 0 Å². The van der Waals surface area contributed by atoms with E-state index in [0.717, 1.165) is 16.7 Å². The van der Waals surface area contributed by atoms with Crippen molar-refractivity contribution in [2.24, 2.45) is 0 Å². The van der Waals surface area contributed by atoms with Gasteiger partial charge < -0.3 is 0 Å². The van der Waals surface area contributed by atoms with Gasteiger partial charge in [-0.3, -0.25) is 0 Å². The van der Waals surface area contributed by atoms with Gasteiger partial charge in [0.15, 0.2) is 17.5 Å². The van der Waals surface area contributed by atoms with E-state index < -0.39 is 0 Å². The topological polar surface area (TPSA) is 43.0 Å². The molecule has 0 N–H and O–H groups in total. The van der Waals surface area contributed by atoms with Gasteiger partial charge in [-0.2, -0.15) is 0 Å². The average Bonchev–Trinajstić information content (AvgIpc) is 2.75. The predicted octanol–water partition coefficient (Wildman–Crippen LogP) is 6.08. The van der Waals surface area contributed by atoms with E-state index in [1.807, 2.05) is 66.7 Å². The molecule has 0 saturated heterocycles. The largest absolute Gasteiger partial charge is 0.237 e. The molecule has 0 amide bonds. The molecule has 0 saturated carbocycles. The first-order chi connectivity index (χ1) is 13.2. The number of hydrogen-bond acceptors (Lipinski definition) is 3. The van der Waals surface area contributed by atoms with Crippen molar-refractivity contribution in [3.8, 4) is 34.2 Å². The molecule has 3 aromatic carbocycles. The lowest BCUT2D eigenvalue weighted by Crippen LogP contribution is -2.00. The minimum absolute atomic E-state index is 0.372. The van der Waals surface area contributed by atoms with Gasteiger partial charge in [0.1, 0.15) is 0 Å². The molecule has 1 aromatic heterocycles. The van der Waals surface area contributed by atoms with Crippen molar-refractivity contribution in [1.29, 1.82) is 0 Å². The third kappa shape index (κ3) is 3.55. The van der Waals surface area contributed by atoms with Crippen molar-refractivity contribution in [3.05, 3.63) is 95.3 Å². The van der Waals surface area contributed by atoms with Crippen molar-refractivity contribution in [2.75, 3.05) is 0 Å². The molecule has 0 aliphatic heterocycles. The fraction of sp³-hybridized carbons (Fsp3) is 0. The Labute approximate surface area is 162 Å². The van der Waals surface area contributed by atoms with E-state index in [9.17, 15) is 0 Å². The summed E-state index contributed by atoms with van der Waals surface area (Å²) >= 11 is 6.07. The Bertz CT molecular complexity index is 1080. The summed E-state index contributed by atoms with van der Waals surface area (Å²) in [5.74, 6) is 1.67. The van der Waals surface area contributed by atoms with Gasteiger partial charge in [0.2, 0.25) is 5.69 Å². The first-order valence-electron chi connectivity index (χ1n) is 8.29. The summed E-state index contributed by atoms with van der Waals surface area (Å²) in [5.41, 5.74) is 2.90. The van der Waals surface area contributed by atoms with Gasteiger partial charge in [-0.25, -0.2) is 19.8 Å². The Kier molecular flexibility index (Phi) is 4.61. The number of benzene rings is 3. The Morgan fingerprint density at radius 1 is 0.630 bits per heavy atom. The number of hydrogen-bond donors (Lipinski definition) is 0. The highest BCUT2D eigenvalue weighted by molar-refractivity contribution is 6.33. The van der Waals surface area contributed by atoms with Crippen molar-refractivity contribution >= 4 is 17.3 Å². The molecule has 0 aliphatic rings. The first kappa shape index (κ1) is 16.9. The molecule has 0 spiro atoms. The Morgan fingerprint density at radius 3 is 1.59 bits per heavy atom. The van der Waals surface area contributed by atoms with Crippen molar-refractivity contribution in [1.82, 2.24) is 15.0 Å². The SMILES string of the molecule is [C-]#[N+]c1cc(-c2nc(-c3ccccc3)nc(-c3ccccc3)n2)ccc1Cl. The smallest absolute Gasteiger partial charge is 0.206 e. The number of rotatable bonds is 3. The maximum atomic E-state index is 7.28. The van der Waals surface area contributed by atoms with Gasteiger partial charge in [-0.1, -0.05) is 84.4 Å². The second-order valence-corrected chi connectivity index (χ2v) is 6.22. The summed E-state index contributed by atoms with van der Waals surface area (Å²) in [7, 11) is 0. The molecule has 0 fully saturated rings. The highest BCUT2D eigenvalue weighted by atomic mass is 35.5. The van der Waals surface area contributed by atoms with Crippen LogP contribution in [0.3, 0.4) is 0 Å². The Hall–Kier alpha value is -3.55. The minimum Gasteiger partial charge on any atom is -0.237 e. The van der Waals surface area contributed by atoms with Crippen molar-refractivity contribution in [2.45, 2.75) is 0 Å². The molecule has 0 radical (unpaired) electrons. The van der Waals surface area contributed by atoms with Crippen LogP contribution in [0, 0.1) is 6.57 Å². The third-order valence-corrected chi connectivity index (χ3v) is 4.34. The zero-order valence-electron chi connectivity index (χ0n) is 14.2. The summed E-state index contributed by atoms with van der Waals surface area (Å²) in [6.07, 6.45) is 0. The van der Waals surface area contributed by atoms with Crippen LogP contribution in [0.2, 0.25) is 5.02 Å². The molecule has 5 heteroatoms. The van der Waals surface area contributed by atoms with E-state index in [1.165, 1.54) is 0 Å². The van der Waals surface area contributed by atoms with Crippen molar-refractivity contribution in [3.63, 3.8) is 0 Å². The lowest BCUT2D eigenvalue weighted by Gasteiger charge is -2.09.